The molecule has 0 aromatic heterocycles. The summed E-state index contributed by atoms with van der Waals surface area (Å²) in [5, 5.41) is 1.22. The normalized spacial score (nSPS) is 11.1. The summed E-state index contributed by atoms with van der Waals surface area (Å²) < 4.78 is 22.2. The maximum Gasteiger partial charge on any atom is 0.370 e. The highest BCUT2D eigenvalue weighted by Crippen LogP contribution is 2.19. The van der Waals surface area contributed by atoms with Gasteiger partial charge >= 0.3 is 8.07 Å². The van der Waals surface area contributed by atoms with Crippen molar-refractivity contribution in [2.45, 2.75) is 65.2 Å². The van der Waals surface area contributed by atoms with Crippen molar-refractivity contribution in [3.63, 3.8) is 0 Å². The Labute approximate surface area is 210 Å². The number of rotatable bonds is 16. The summed E-state index contributed by atoms with van der Waals surface area (Å²) in [5.41, 5.74) is -0.995. The lowest BCUT2D eigenvalue weighted by atomic mass is 10.2. The average Bonchev–Trinajstić information content (AvgIpc) is 2.89. The molecule has 0 atom stereocenters. The summed E-state index contributed by atoms with van der Waals surface area (Å²) in [4.78, 5) is 27.7. The molecule has 0 saturated heterocycles. The Bertz CT molecular complexity index is 819. The zero-order valence-corrected chi connectivity index (χ0v) is 22.6. The Balaban J connectivity index is 2.49. The Morgan fingerprint density at radius 3 is 1.29 bits per heavy atom. The third-order valence-corrected chi connectivity index (χ3v) is 10.0. The molecule has 0 fully saturated rings. The predicted molar refractivity (Wildman–Crippen MR) is 142 cm³/mol. The molecule has 0 radical (unpaired) electrons. The van der Waals surface area contributed by atoms with Crippen molar-refractivity contribution in [2.75, 3.05) is 27.4 Å². The molecule has 0 unspecified atom stereocenters. The molecule has 0 bridgehead atoms. The number of benzene rings is 2. The molecule has 0 heterocycles. The second-order valence-electron chi connectivity index (χ2n) is 8.60. The van der Waals surface area contributed by atoms with Gasteiger partial charge in [0.2, 0.25) is 0 Å². The van der Waals surface area contributed by atoms with Crippen LogP contribution < -0.4 is 19.8 Å². The van der Waals surface area contributed by atoms with Crippen LogP contribution in [0, 0.1) is 0 Å². The van der Waals surface area contributed by atoms with E-state index in [2.05, 4.69) is 13.8 Å². The van der Waals surface area contributed by atoms with Crippen LogP contribution in [0.25, 0.3) is 0 Å². The molecule has 2 rings (SSSR count). The van der Waals surface area contributed by atoms with E-state index in [-0.39, 0.29) is 13.2 Å². The van der Waals surface area contributed by atoms with Gasteiger partial charge in [-0.3, -0.25) is 9.59 Å². The maximum absolute atomic E-state index is 13.9. The van der Waals surface area contributed by atoms with Gasteiger partial charge in [0, 0.05) is 0 Å². The van der Waals surface area contributed by atoms with Gasteiger partial charge in [0.1, 0.15) is 11.5 Å². The van der Waals surface area contributed by atoms with Crippen molar-refractivity contribution in [1.29, 1.82) is 0 Å². The molecule has 35 heavy (non-hydrogen) atoms. The first-order valence-electron chi connectivity index (χ1n) is 12.7. The molecular formula is C28H40O6Si. The number of carbonyl (C=O) groups is 2. The molecular weight excluding hydrogens is 460 g/mol. The third kappa shape index (κ3) is 7.59. The molecule has 0 amide bonds. The molecule has 0 N–H and O–H groups in total. The zero-order chi connectivity index (χ0) is 25.5. The first-order valence-corrected chi connectivity index (χ1v) is 14.7. The van der Waals surface area contributed by atoms with E-state index in [0.717, 1.165) is 51.4 Å². The Kier molecular flexibility index (Phi) is 12.4. The molecule has 7 heteroatoms. The highest BCUT2D eigenvalue weighted by molar-refractivity contribution is 7.37. The molecule has 6 nitrogen and oxygen atoms in total. The van der Waals surface area contributed by atoms with Crippen molar-refractivity contribution in [1.82, 2.24) is 0 Å². The number of hydrogen-bond acceptors (Lipinski definition) is 6. The fraction of sp³-hybridized carbons (Fsp3) is 0.500. The Morgan fingerprint density at radius 2 is 0.971 bits per heavy atom. The van der Waals surface area contributed by atoms with E-state index < -0.39 is 19.3 Å². The highest BCUT2D eigenvalue weighted by Gasteiger charge is 2.57. The summed E-state index contributed by atoms with van der Waals surface area (Å²) in [6.07, 6.45) is 7.83. The second-order valence-corrected chi connectivity index (χ2v) is 12.1. The van der Waals surface area contributed by atoms with Crippen LogP contribution in [0.5, 0.6) is 11.5 Å². The molecule has 0 aliphatic heterocycles. The third-order valence-electron chi connectivity index (χ3n) is 6.12. The highest BCUT2D eigenvalue weighted by atomic mass is 28.3. The molecule has 0 aliphatic rings. The van der Waals surface area contributed by atoms with Crippen molar-refractivity contribution in [3.05, 3.63) is 48.5 Å². The smallest absolute Gasteiger partial charge is 0.370 e. The number of ether oxygens (including phenoxy) is 4. The molecule has 0 spiro atoms. The topological polar surface area (TPSA) is 71.1 Å². The van der Waals surface area contributed by atoms with E-state index >= 15 is 0 Å². The SMILES string of the molecule is CCCCCCOC(=O)[Si](C(=O)OCCCCCC)(c1ccc(OC)cc1)c1ccc(OC)cc1. The van der Waals surface area contributed by atoms with Gasteiger partial charge in [-0.25, -0.2) is 0 Å². The van der Waals surface area contributed by atoms with Gasteiger partial charge in [-0.1, -0.05) is 76.6 Å². The number of carbonyl (C=O) groups excluding carboxylic acids is 2. The lowest BCUT2D eigenvalue weighted by Crippen LogP contribution is -2.70. The van der Waals surface area contributed by atoms with Crippen LogP contribution in [0.15, 0.2) is 48.5 Å². The minimum absolute atomic E-state index is 0.281. The van der Waals surface area contributed by atoms with Crippen LogP contribution in [0.3, 0.4) is 0 Å². The number of methoxy groups -OCH3 is 2. The summed E-state index contributed by atoms with van der Waals surface area (Å²) in [5.74, 6) is 1.29. The van der Waals surface area contributed by atoms with Gasteiger partial charge in [0.15, 0.2) is 0 Å². The molecule has 0 aliphatic carbocycles. The maximum atomic E-state index is 13.9. The van der Waals surface area contributed by atoms with Gasteiger partial charge < -0.3 is 18.9 Å². The lowest BCUT2D eigenvalue weighted by Gasteiger charge is -2.28. The quantitative estimate of drug-likeness (QED) is 0.212. The van der Waals surface area contributed by atoms with E-state index in [1.165, 1.54) is 0 Å². The average molecular weight is 501 g/mol. The van der Waals surface area contributed by atoms with Crippen LogP contribution in [-0.4, -0.2) is 46.7 Å². The number of unbranched alkanes of at least 4 members (excludes halogenated alkanes) is 6. The van der Waals surface area contributed by atoms with Crippen LogP contribution >= 0.6 is 0 Å². The molecule has 0 saturated carbocycles. The van der Waals surface area contributed by atoms with Crippen LogP contribution in [-0.2, 0) is 9.47 Å². The van der Waals surface area contributed by atoms with E-state index in [0.29, 0.717) is 21.9 Å². The number of hydrogen-bond donors (Lipinski definition) is 0. The fourth-order valence-corrected chi connectivity index (χ4v) is 7.42. The Morgan fingerprint density at radius 1 is 0.600 bits per heavy atom. The minimum atomic E-state index is -3.80. The molecule has 192 valence electrons. The van der Waals surface area contributed by atoms with Gasteiger partial charge in [0.25, 0.3) is 11.2 Å². The summed E-state index contributed by atoms with van der Waals surface area (Å²) >= 11 is 0. The van der Waals surface area contributed by atoms with Gasteiger partial charge in [0.05, 0.1) is 27.4 Å². The molecule has 2 aromatic rings. The zero-order valence-electron chi connectivity index (χ0n) is 21.6. The molecule has 2 aromatic carbocycles. The van der Waals surface area contributed by atoms with E-state index in [1.807, 2.05) is 0 Å². The van der Waals surface area contributed by atoms with Crippen molar-refractivity contribution >= 4 is 29.6 Å². The minimum Gasteiger partial charge on any atom is -0.497 e. The van der Waals surface area contributed by atoms with Crippen LogP contribution in [0.1, 0.15) is 65.2 Å². The van der Waals surface area contributed by atoms with Crippen LogP contribution in [0.4, 0.5) is 9.59 Å². The summed E-state index contributed by atoms with van der Waals surface area (Å²) in [7, 11) is -0.633. The first-order chi connectivity index (χ1) is 17.0. The summed E-state index contributed by atoms with van der Waals surface area (Å²) in [6.45, 7) is 4.83. The monoisotopic (exact) mass is 500 g/mol. The fourth-order valence-electron chi connectivity index (χ4n) is 4.01. The van der Waals surface area contributed by atoms with Crippen molar-refractivity contribution < 1.29 is 28.5 Å². The van der Waals surface area contributed by atoms with Crippen molar-refractivity contribution in [3.8, 4) is 11.5 Å². The first kappa shape index (κ1) is 28.4. The largest absolute Gasteiger partial charge is 0.497 e. The van der Waals surface area contributed by atoms with Gasteiger partial charge in [-0.2, -0.15) is 0 Å². The van der Waals surface area contributed by atoms with Crippen molar-refractivity contribution in [2.24, 2.45) is 0 Å². The second kappa shape index (κ2) is 15.2. The standard InChI is InChI=1S/C28H40O6Si/c1-5-7-9-11-21-33-27(29)35(25-17-13-23(31-3)14-18-25,26-19-15-24(32-4)16-20-26)28(30)34-22-12-10-8-6-2/h13-20H,5-12,21-22H2,1-4H3. The predicted octanol–water partition coefficient (Wildman–Crippen LogP) is 5.86. The van der Waals surface area contributed by atoms with Gasteiger partial charge in [-0.15, -0.1) is 0 Å². The van der Waals surface area contributed by atoms with E-state index in [4.69, 9.17) is 18.9 Å². The lowest BCUT2D eigenvalue weighted by molar-refractivity contribution is 0.159. The summed E-state index contributed by atoms with van der Waals surface area (Å²) in [6, 6.07) is 14.2. The van der Waals surface area contributed by atoms with Gasteiger partial charge in [-0.05, 0) is 47.5 Å². The Hall–Kier alpha value is -2.80. The van der Waals surface area contributed by atoms with Crippen LogP contribution in [0.2, 0.25) is 0 Å². The van der Waals surface area contributed by atoms with E-state index in [1.54, 1.807) is 62.8 Å². The van der Waals surface area contributed by atoms with E-state index in [9.17, 15) is 9.59 Å².